The molecular weight excluding hydrogens is 412 g/mol. The number of nitrogens with zero attached hydrogens (tertiary/aromatic N) is 5. The Labute approximate surface area is 186 Å². The van der Waals surface area contributed by atoms with E-state index < -0.39 is 0 Å². The Bertz CT molecular complexity index is 1000. The molecule has 0 saturated carbocycles. The fraction of sp³-hybridized carbons (Fsp3) is 0.455. The van der Waals surface area contributed by atoms with Gasteiger partial charge in [0.1, 0.15) is 5.82 Å². The molecule has 1 aliphatic heterocycles. The molecule has 4 rings (SSSR count). The minimum Gasteiger partial charge on any atom is -0.378 e. The summed E-state index contributed by atoms with van der Waals surface area (Å²) in [5, 5.41) is 9.23. The summed E-state index contributed by atoms with van der Waals surface area (Å²) in [5.74, 6) is 1.87. The van der Waals surface area contributed by atoms with Crippen molar-refractivity contribution >= 4 is 34.5 Å². The summed E-state index contributed by atoms with van der Waals surface area (Å²) in [6, 6.07) is 10.1. The summed E-state index contributed by atoms with van der Waals surface area (Å²) in [5.41, 5.74) is 1.98. The van der Waals surface area contributed by atoms with E-state index in [0.717, 1.165) is 47.3 Å². The third-order valence-corrected chi connectivity index (χ3v) is 5.90. The number of morpholine rings is 1. The number of thioether (sulfide) groups is 1. The standard InChI is InChI=1S/C22H28N6O2S/c1-2-31-22-25-20(27-12-14-30-15-13-27)18-16-24-28(21(18)26-22)11-10-23-19(29)9-8-17-6-4-3-5-7-17/h3-7,16H,2,8-15H2,1H3,(H,23,29). The number of hydrogen-bond donors (Lipinski definition) is 1. The van der Waals surface area contributed by atoms with Gasteiger partial charge in [-0.1, -0.05) is 49.0 Å². The van der Waals surface area contributed by atoms with Crippen LogP contribution in [0, 0.1) is 0 Å². The smallest absolute Gasteiger partial charge is 0.220 e. The Morgan fingerprint density at radius 1 is 1.19 bits per heavy atom. The monoisotopic (exact) mass is 440 g/mol. The quantitative estimate of drug-likeness (QED) is 0.404. The van der Waals surface area contributed by atoms with Gasteiger partial charge in [0, 0.05) is 26.1 Å². The predicted molar refractivity (Wildman–Crippen MR) is 123 cm³/mol. The van der Waals surface area contributed by atoms with Gasteiger partial charge in [0.15, 0.2) is 10.8 Å². The molecule has 1 amide bonds. The third kappa shape index (κ3) is 5.54. The first-order valence-electron chi connectivity index (χ1n) is 10.7. The number of aryl methyl sites for hydroxylation is 1. The van der Waals surface area contributed by atoms with E-state index in [9.17, 15) is 4.79 Å². The maximum atomic E-state index is 12.2. The summed E-state index contributed by atoms with van der Waals surface area (Å²) >= 11 is 1.62. The van der Waals surface area contributed by atoms with Crippen molar-refractivity contribution < 1.29 is 9.53 Å². The molecule has 9 heteroatoms. The van der Waals surface area contributed by atoms with Crippen LogP contribution < -0.4 is 10.2 Å². The van der Waals surface area contributed by atoms with E-state index in [4.69, 9.17) is 14.7 Å². The first kappa shape index (κ1) is 21.6. The number of benzene rings is 1. The van der Waals surface area contributed by atoms with Crippen molar-refractivity contribution in [3.05, 3.63) is 42.1 Å². The zero-order valence-electron chi connectivity index (χ0n) is 17.8. The fourth-order valence-electron chi connectivity index (χ4n) is 3.59. The molecule has 164 valence electrons. The van der Waals surface area contributed by atoms with E-state index >= 15 is 0 Å². The summed E-state index contributed by atoms with van der Waals surface area (Å²) < 4.78 is 7.35. The molecule has 0 bridgehead atoms. The topological polar surface area (TPSA) is 85.2 Å². The molecule has 1 aliphatic rings. The predicted octanol–water partition coefficient (Wildman–Crippen LogP) is 2.52. The molecule has 0 spiro atoms. The van der Waals surface area contributed by atoms with Crippen molar-refractivity contribution in [3.8, 4) is 0 Å². The lowest BCUT2D eigenvalue weighted by Gasteiger charge is -2.28. The molecule has 0 unspecified atom stereocenters. The highest BCUT2D eigenvalue weighted by molar-refractivity contribution is 7.99. The molecule has 1 aromatic carbocycles. The fourth-order valence-corrected chi connectivity index (χ4v) is 4.15. The van der Waals surface area contributed by atoms with Crippen LogP contribution in [0.1, 0.15) is 18.9 Å². The molecule has 2 aromatic heterocycles. The number of carbonyl (C=O) groups excluding carboxylic acids is 1. The van der Waals surface area contributed by atoms with Crippen LogP contribution >= 0.6 is 11.8 Å². The second-order valence-electron chi connectivity index (χ2n) is 7.30. The Balaban J connectivity index is 1.41. The average molecular weight is 441 g/mol. The molecule has 3 aromatic rings. The number of rotatable bonds is 9. The van der Waals surface area contributed by atoms with Crippen molar-refractivity contribution in [1.29, 1.82) is 0 Å². The number of hydrogen-bond acceptors (Lipinski definition) is 7. The van der Waals surface area contributed by atoms with Gasteiger partial charge in [0.2, 0.25) is 5.91 Å². The normalized spacial score (nSPS) is 14.2. The van der Waals surface area contributed by atoms with Crippen molar-refractivity contribution in [2.75, 3.05) is 43.5 Å². The largest absolute Gasteiger partial charge is 0.378 e. The van der Waals surface area contributed by atoms with Gasteiger partial charge in [0.25, 0.3) is 0 Å². The van der Waals surface area contributed by atoms with Crippen LogP contribution in [0.5, 0.6) is 0 Å². The van der Waals surface area contributed by atoms with Crippen LogP contribution in [0.4, 0.5) is 5.82 Å². The van der Waals surface area contributed by atoms with Gasteiger partial charge in [-0.3, -0.25) is 4.79 Å². The molecule has 1 fully saturated rings. The van der Waals surface area contributed by atoms with Gasteiger partial charge >= 0.3 is 0 Å². The van der Waals surface area contributed by atoms with Gasteiger partial charge in [-0.25, -0.2) is 14.6 Å². The number of nitrogens with one attached hydrogen (secondary N) is 1. The van der Waals surface area contributed by atoms with E-state index in [0.29, 0.717) is 32.7 Å². The minimum atomic E-state index is 0.0474. The van der Waals surface area contributed by atoms with Crippen LogP contribution in [0.25, 0.3) is 11.0 Å². The van der Waals surface area contributed by atoms with Crippen LogP contribution in [-0.2, 0) is 22.5 Å². The molecule has 0 aliphatic carbocycles. The molecule has 1 saturated heterocycles. The van der Waals surface area contributed by atoms with E-state index in [1.807, 2.05) is 41.2 Å². The van der Waals surface area contributed by atoms with E-state index in [1.165, 1.54) is 5.56 Å². The Kier molecular flexibility index (Phi) is 7.37. The molecule has 3 heterocycles. The van der Waals surface area contributed by atoms with Crippen molar-refractivity contribution in [2.24, 2.45) is 0 Å². The van der Waals surface area contributed by atoms with Crippen molar-refractivity contribution in [2.45, 2.75) is 31.5 Å². The van der Waals surface area contributed by atoms with Crippen molar-refractivity contribution in [1.82, 2.24) is 25.1 Å². The molecule has 31 heavy (non-hydrogen) atoms. The summed E-state index contributed by atoms with van der Waals surface area (Å²) in [6.45, 7) is 6.19. The van der Waals surface area contributed by atoms with Crippen LogP contribution in [0.3, 0.4) is 0 Å². The zero-order valence-corrected chi connectivity index (χ0v) is 18.6. The lowest BCUT2D eigenvalue weighted by Crippen LogP contribution is -2.37. The third-order valence-electron chi connectivity index (χ3n) is 5.17. The first-order chi connectivity index (χ1) is 15.2. The first-order valence-corrected chi connectivity index (χ1v) is 11.7. The number of amides is 1. The summed E-state index contributed by atoms with van der Waals surface area (Å²) in [6.07, 6.45) is 3.05. The van der Waals surface area contributed by atoms with Gasteiger partial charge in [-0.05, 0) is 17.7 Å². The molecular formula is C22H28N6O2S. The number of ether oxygens (including phenoxy) is 1. The van der Waals surface area contributed by atoms with Gasteiger partial charge in [0.05, 0.1) is 31.3 Å². The average Bonchev–Trinajstić information content (AvgIpc) is 3.21. The van der Waals surface area contributed by atoms with E-state index in [-0.39, 0.29) is 5.91 Å². The lowest BCUT2D eigenvalue weighted by atomic mass is 10.1. The Morgan fingerprint density at radius 3 is 2.77 bits per heavy atom. The summed E-state index contributed by atoms with van der Waals surface area (Å²) in [7, 11) is 0. The second-order valence-corrected chi connectivity index (χ2v) is 8.53. The van der Waals surface area contributed by atoms with Crippen LogP contribution in [0.2, 0.25) is 0 Å². The maximum absolute atomic E-state index is 12.2. The number of anilines is 1. The zero-order chi connectivity index (χ0) is 21.5. The van der Waals surface area contributed by atoms with Crippen LogP contribution in [0.15, 0.2) is 41.7 Å². The SMILES string of the molecule is CCSc1nc(N2CCOCC2)c2cnn(CCNC(=O)CCc3ccccc3)c2n1. The van der Waals surface area contributed by atoms with Gasteiger partial charge in [-0.2, -0.15) is 5.10 Å². The van der Waals surface area contributed by atoms with Gasteiger partial charge < -0.3 is 15.0 Å². The van der Waals surface area contributed by atoms with Crippen LogP contribution in [-0.4, -0.2) is 64.3 Å². The highest BCUT2D eigenvalue weighted by atomic mass is 32.2. The number of carbonyl (C=O) groups is 1. The Morgan fingerprint density at radius 2 is 2.00 bits per heavy atom. The second kappa shape index (κ2) is 10.6. The molecule has 0 radical (unpaired) electrons. The molecule has 8 nitrogen and oxygen atoms in total. The molecule has 0 atom stereocenters. The van der Waals surface area contributed by atoms with Gasteiger partial charge in [-0.15, -0.1) is 0 Å². The maximum Gasteiger partial charge on any atom is 0.220 e. The van der Waals surface area contributed by atoms with E-state index in [2.05, 4.69) is 22.2 Å². The van der Waals surface area contributed by atoms with E-state index in [1.54, 1.807) is 11.8 Å². The number of fused-ring (bicyclic) bond motifs is 1. The van der Waals surface area contributed by atoms with Crippen molar-refractivity contribution in [3.63, 3.8) is 0 Å². The minimum absolute atomic E-state index is 0.0474. The highest BCUT2D eigenvalue weighted by Crippen LogP contribution is 2.27. The number of aromatic nitrogens is 4. The Hall–Kier alpha value is -2.65. The molecule has 1 N–H and O–H groups in total. The summed E-state index contributed by atoms with van der Waals surface area (Å²) in [4.78, 5) is 24.0. The highest BCUT2D eigenvalue weighted by Gasteiger charge is 2.20. The lowest BCUT2D eigenvalue weighted by molar-refractivity contribution is -0.121.